The van der Waals surface area contributed by atoms with Gasteiger partial charge in [0.15, 0.2) is 0 Å². The van der Waals surface area contributed by atoms with Crippen LogP contribution in [-0.2, 0) is 6.54 Å². The molecule has 2 N–H and O–H groups in total. The molecule has 1 aromatic carbocycles. The van der Waals surface area contributed by atoms with Gasteiger partial charge in [-0.05, 0) is 31.5 Å². The smallest absolute Gasteiger partial charge is 0.119 e. The molecule has 4 nitrogen and oxygen atoms in total. The molecule has 2 rings (SSSR count). The summed E-state index contributed by atoms with van der Waals surface area (Å²) in [7, 11) is 1.62. The van der Waals surface area contributed by atoms with Crippen molar-refractivity contribution in [2.75, 3.05) is 13.7 Å². The Morgan fingerprint density at radius 2 is 2.20 bits per heavy atom. The summed E-state index contributed by atoms with van der Waals surface area (Å²) in [5.41, 5.74) is 1.92. The summed E-state index contributed by atoms with van der Waals surface area (Å²) in [6.07, 6.45) is -0.542. The van der Waals surface area contributed by atoms with Crippen molar-refractivity contribution in [3.63, 3.8) is 0 Å². The first-order valence-electron chi connectivity index (χ1n) is 6.55. The summed E-state index contributed by atoms with van der Waals surface area (Å²) < 4.78 is 5.16. The number of benzene rings is 1. The van der Waals surface area contributed by atoms with E-state index in [2.05, 4.69) is 10.3 Å². The molecule has 108 valence electrons. The fourth-order valence-corrected chi connectivity index (χ4v) is 2.93. The lowest BCUT2D eigenvalue weighted by molar-refractivity contribution is 0.174. The molecular formula is C15H20N2O2S. The van der Waals surface area contributed by atoms with Gasteiger partial charge in [-0.3, -0.25) is 0 Å². The first-order chi connectivity index (χ1) is 9.60. The van der Waals surface area contributed by atoms with Crippen molar-refractivity contribution in [1.29, 1.82) is 0 Å². The van der Waals surface area contributed by atoms with E-state index in [1.165, 1.54) is 4.88 Å². The van der Waals surface area contributed by atoms with Crippen LogP contribution < -0.4 is 10.1 Å². The molecule has 0 aliphatic rings. The molecule has 1 unspecified atom stereocenters. The van der Waals surface area contributed by atoms with Gasteiger partial charge in [0.25, 0.3) is 0 Å². The molecule has 0 saturated heterocycles. The average Bonchev–Trinajstić information content (AvgIpc) is 2.77. The number of nitrogens with zero attached hydrogens (tertiary/aromatic N) is 1. The second-order valence-electron chi connectivity index (χ2n) is 4.66. The van der Waals surface area contributed by atoms with Crippen LogP contribution in [0.5, 0.6) is 5.75 Å². The van der Waals surface area contributed by atoms with Gasteiger partial charge in [-0.25, -0.2) is 4.98 Å². The van der Waals surface area contributed by atoms with Crippen LogP contribution in [0.15, 0.2) is 24.3 Å². The summed E-state index contributed by atoms with van der Waals surface area (Å²) in [6, 6.07) is 7.51. The molecule has 0 fully saturated rings. The van der Waals surface area contributed by atoms with E-state index in [4.69, 9.17) is 4.74 Å². The van der Waals surface area contributed by atoms with Crippen LogP contribution in [-0.4, -0.2) is 23.7 Å². The van der Waals surface area contributed by atoms with Crippen molar-refractivity contribution >= 4 is 11.3 Å². The molecule has 0 amide bonds. The van der Waals surface area contributed by atoms with E-state index in [9.17, 15) is 5.11 Å². The van der Waals surface area contributed by atoms with Gasteiger partial charge in [-0.15, -0.1) is 11.3 Å². The van der Waals surface area contributed by atoms with Crippen LogP contribution >= 0.6 is 11.3 Å². The number of nitrogens with one attached hydrogen (secondary N) is 1. The first-order valence-corrected chi connectivity index (χ1v) is 7.37. The Morgan fingerprint density at radius 3 is 2.85 bits per heavy atom. The fraction of sp³-hybridized carbons (Fsp3) is 0.400. The van der Waals surface area contributed by atoms with Gasteiger partial charge in [0.2, 0.25) is 0 Å². The summed E-state index contributed by atoms with van der Waals surface area (Å²) in [5.74, 6) is 0.760. The predicted molar refractivity (Wildman–Crippen MR) is 81.2 cm³/mol. The van der Waals surface area contributed by atoms with Crippen LogP contribution in [0.3, 0.4) is 0 Å². The van der Waals surface area contributed by atoms with E-state index in [1.807, 2.05) is 38.1 Å². The number of rotatable bonds is 6. The number of aliphatic hydroxyl groups excluding tert-OH is 1. The van der Waals surface area contributed by atoms with Crippen molar-refractivity contribution in [3.8, 4) is 5.75 Å². The first kappa shape index (κ1) is 15.0. The van der Waals surface area contributed by atoms with Crippen LogP contribution in [0, 0.1) is 13.8 Å². The molecule has 0 saturated carbocycles. The van der Waals surface area contributed by atoms with E-state index < -0.39 is 6.10 Å². The highest BCUT2D eigenvalue weighted by Gasteiger charge is 2.09. The highest BCUT2D eigenvalue weighted by Crippen LogP contribution is 2.19. The SMILES string of the molecule is COc1cccc(C(O)CNCc2sc(C)nc2C)c1. The maximum absolute atomic E-state index is 10.2. The number of hydrogen-bond acceptors (Lipinski definition) is 5. The number of aromatic nitrogens is 1. The zero-order valence-corrected chi connectivity index (χ0v) is 12.8. The van der Waals surface area contributed by atoms with Crippen LogP contribution in [0.2, 0.25) is 0 Å². The van der Waals surface area contributed by atoms with Gasteiger partial charge in [0.05, 0.1) is 23.9 Å². The average molecular weight is 292 g/mol. The third-order valence-electron chi connectivity index (χ3n) is 3.10. The molecule has 1 aromatic heterocycles. The zero-order valence-electron chi connectivity index (χ0n) is 12.0. The lowest BCUT2D eigenvalue weighted by Gasteiger charge is -2.13. The normalized spacial score (nSPS) is 12.4. The van der Waals surface area contributed by atoms with Crippen LogP contribution in [0.4, 0.5) is 0 Å². The fourth-order valence-electron chi connectivity index (χ4n) is 2.03. The summed E-state index contributed by atoms with van der Waals surface area (Å²) in [4.78, 5) is 5.61. The Labute approximate surface area is 123 Å². The third-order valence-corrected chi connectivity index (χ3v) is 4.17. The minimum absolute atomic E-state index is 0.504. The van der Waals surface area contributed by atoms with Gasteiger partial charge < -0.3 is 15.2 Å². The van der Waals surface area contributed by atoms with Crippen molar-refractivity contribution in [2.24, 2.45) is 0 Å². The highest BCUT2D eigenvalue weighted by atomic mass is 32.1. The number of aryl methyl sites for hydroxylation is 2. The predicted octanol–water partition coefficient (Wildman–Crippen LogP) is 2.59. The minimum atomic E-state index is -0.542. The molecule has 5 heteroatoms. The number of ether oxygens (including phenoxy) is 1. The number of aliphatic hydroxyl groups is 1. The molecule has 1 atom stereocenters. The Hall–Kier alpha value is -1.43. The zero-order chi connectivity index (χ0) is 14.5. The van der Waals surface area contributed by atoms with E-state index >= 15 is 0 Å². The molecule has 2 aromatic rings. The maximum atomic E-state index is 10.2. The lowest BCUT2D eigenvalue weighted by Crippen LogP contribution is -2.21. The molecule has 1 heterocycles. The number of thiazole rings is 1. The lowest BCUT2D eigenvalue weighted by atomic mass is 10.1. The summed E-state index contributed by atoms with van der Waals surface area (Å²) in [6.45, 7) is 5.26. The van der Waals surface area contributed by atoms with Crippen LogP contribution in [0.25, 0.3) is 0 Å². The minimum Gasteiger partial charge on any atom is -0.497 e. The van der Waals surface area contributed by atoms with E-state index in [-0.39, 0.29) is 0 Å². The summed E-state index contributed by atoms with van der Waals surface area (Å²) >= 11 is 1.69. The molecule has 0 spiro atoms. The quantitative estimate of drug-likeness (QED) is 0.859. The number of methoxy groups -OCH3 is 1. The van der Waals surface area contributed by atoms with Gasteiger partial charge in [0, 0.05) is 18.0 Å². The largest absolute Gasteiger partial charge is 0.497 e. The van der Waals surface area contributed by atoms with E-state index in [0.29, 0.717) is 6.54 Å². The number of hydrogen-bond donors (Lipinski definition) is 2. The Morgan fingerprint density at radius 1 is 1.40 bits per heavy atom. The molecule has 0 aliphatic heterocycles. The topological polar surface area (TPSA) is 54.4 Å². The Bertz CT molecular complexity index is 569. The highest BCUT2D eigenvalue weighted by molar-refractivity contribution is 7.11. The summed E-state index contributed by atoms with van der Waals surface area (Å²) in [5, 5.41) is 14.5. The van der Waals surface area contributed by atoms with Gasteiger partial charge in [0.1, 0.15) is 5.75 Å². The van der Waals surface area contributed by atoms with E-state index in [0.717, 1.165) is 28.6 Å². The Kier molecular flexibility index (Phi) is 5.11. The Balaban J connectivity index is 1.88. The molecular weight excluding hydrogens is 272 g/mol. The molecule has 20 heavy (non-hydrogen) atoms. The van der Waals surface area contributed by atoms with Crippen molar-refractivity contribution in [2.45, 2.75) is 26.5 Å². The maximum Gasteiger partial charge on any atom is 0.119 e. The molecule has 0 radical (unpaired) electrons. The molecule has 0 aliphatic carbocycles. The third kappa shape index (κ3) is 3.79. The monoisotopic (exact) mass is 292 g/mol. The van der Waals surface area contributed by atoms with Crippen molar-refractivity contribution in [3.05, 3.63) is 45.4 Å². The standard InChI is InChI=1S/C15H20N2O2S/c1-10-15(20-11(2)17-10)9-16-8-14(18)12-5-4-6-13(7-12)19-3/h4-7,14,16,18H,8-9H2,1-3H3. The van der Waals surface area contributed by atoms with Gasteiger partial charge in [-0.2, -0.15) is 0 Å². The van der Waals surface area contributed by atoms with E-state index in [1.54, 1.807) is 18.4 Å². The van der Waals surface area contributed by atoms with Crippen LogP contribution in [0.1, 0.15) is 27.2 Å². The van der Waals surface area contributed by atoms with Gasteiger partial charge >= 0.3 is 0 Å². The van der Waals surface area contributed by atoms with Crippen molar-refractivity contribution in [1.82, 2.24) is 10.3 Å². The van der Waals surface area contributed by atoms with Gasteiger partial charge in [-0.1, -0.05) is 12.1 Å². The molecule has 0 bridgehead atoms. The van der Waals surface area contributed by atoms with Crippen molar-refractivity contribution < 1.29 is 9.84 Å². The second kappa shape index (κ2) is 6.83. The second-order valence-corrected chi connectivity index (χ2v) is 5.95.